The highest BCUT2D eigenvalue weighted by atomic mass is 16.5. The SMILES string of the molecule is CN1CCC[C@@H]1COc1ccc(Oc2ccc(C3(CO)CC3)cc2)cc1. The summed E-state index contributed by atoms with van der Waals surface area (Å²) < 4.78 is 11.8. The van der Waals surface area contributed by atoms with Gasteiger partial charge in [0.2, 0.25) is 0 Å². The molecule has 4 nitrogen and oxygen atoms in total. The van der Waals surface area contributed by atoms with Crippen LogP contribution in [0.25, 0.3) is 0 Å². The van der Waals surface area contributed by atoms with Crippen molar-refractivity contribution >= 4 is 0 Å². The fraction of sp³-hybridized carbons (Fsp3) is 0.455. The number of likely N-dealkylation sites (tertiary alicyclic amines) is 1. The van der Waals surface area contributed by atoms with Crippen molar-refractivity contribution in [2.24, 2.45) is 0 Å². The zero-order chi connectivity index (χ0) is 18.0. The molecule has 0 unspecified atom stereocenters. The number of aliphatic hydroxyl groups is 1. The fourth-order valence-corrected chi connectivity index (χ4v) is 3.69. The summed E-state index contributed by atoms with van der Waals surface area (Å²) in [7, 11) is 2.16. The second-order valence-electron chi connectivity index (χ2n) is 7.62. The minimum atomic E-state index is 0.00486. The molecular formula is C22H27NO3. The Morgan fingerprint density at radius 3 is 2.15 bits per heavy atom. The van der Waals surface area contributed by atoms with Crippen LogP contribution in [0.1, 0.15) is 31.2 Å². The minimum Gasteiger partial charge on any atom is -0.492 e. The van der Waals surface area contributed by atoms with E-state index in [1.54, 1.807) is 0 Å². The monoisotopic (exact) mass is 353 g/mol. The van der Waals surface area contributed by atoms with E-state index in [4.69, 9.17) is 9.47 Å². The van der Waals surface area contributed by atoms with Crippen molar-refractivity contribution in [3.05, 3.63) is 54.1 Å². The van der Waals surface area contributed by atoms with Crippen LogP contribution in [0.2, 0.25) is 0 Å². The highest BCUT2D eigenvalue weighted by Crippen LogP contribution is 2.47. The standard InChI is InChI=1S/C22H27NO3/c1-23-14-2-3-18(23)15-25-19-8-10-21(11-9-19)26-20-6-4-17(5-7-20)22(16-24)12-13-22/h4-11,18,24H,2-3,12-16H2,1H3/t18-/m1/s1. The lowest BCUT2D eigenvalue weighted by Gasteiger charge is -2.19. The summed E-state index contributed by atoms with van der Waals surface area (Å²) in [5.41, 5.74) is 1.21. The van der Waals surface area contributed by atoms with Gasteiger partial charge in [-0.05, 0) is 81.2 Å². The molecule has 1 aliphatic heterocycles. The van der Waals surface area contributed by atoms with Gasteiger partial charge in [-0.2, -0.15) is 0 Å². The fourth-order valence-electron chi connectivity index (χ4n) is 3.69. The number of likely N-dealkylation sites (N-methyl/N-ethyl adjacent to an activating group) is 1. The van der Waals surface area contributed by atoms with Crippen molar-refractivity contribution in [1.82, 2.24) is 4.90 Å². The predicted molar refractivity (Wildman–Crippen MR) is 102 cm³/mol. The normalized spacial score (nSPS) is 21.5. The second kappa shape index (κ2) is 7.29. The van der Waals surface area contributed by atoms with Crippen LogP contribution in [0.3, 0.4) is 0 Å². The molecule has 1 aliphatic carbocycles. The molecule has 2 aliphatic rings. The molecule has 138 valence electrons. The minimum absolute atomic E-state index is 0.00486. The van der Waals surface area contributed by atoms with E-state index in [0.717, 1.165) is 36.7 Å². The summed E-state index contributed by atoms with van der Waals surface area (Å²) in [5.74, 6) is 2.49. The van der Waals surface area contributed by atoms with Crippen molar-refractivity contribution in [2.45, 2.75) is 37.1 Å². The number of hydrogen-bond donors (Lipinski definition) is 1. The Hall–Kier alpha value is -2.04. The smallest absolute Gasteiger partial charge is 0.127 e. The average molecular weight is 353 g/mol. The molecular weight excluding hydrogens is 326 g/mol. The van der Waals surface area contributed by atoms with Crippen LogP contribution in [0.5, 0.6) is 17.2 Å². The summed E-state index contributed by atoms with van der Waals surface area (Å²) in [6, 6.07) is 16.4. The Bertz CT molecular complexity index is 722. The van der Waals surface area contributed by atoms with Crippen LogP contribution in [0.15, 0.2) is 48.5 Å². The van der Waals surface area contributed by atoms with Crippen LogP contribution in [-0.4, -0.2) is 42.9 Å². The van der Waals surface area contributed by atoms with Gasteiger partial charge in [-0.3, -0.25) is 0 Å². The van der Waals surface area contributed by atoms with E-state index in [1.807, 2.05) is 36.4 Å². The van der Waals surface area contributed by atoms with Crippen molar-refractivity contribution < 1.29 is 14.6 Å². The average Bonchev–Trinajstić information content (AvgIpc) is 3.37. The maximum absolute atomic E-state index is 9.52. The largest absolute Gasteiger partial charge is 0.492 e. The third kappa shape index (κ3) is 3.71. The molecule has 0 bridgehead atoms. The van der Waals surface area contributed by atoms with Gasteiger partial charge < -0.3 is 19.5 Å². The molecule has 4 rings (SSSR count). The highest BCUT2D eigenvalue weighted by Gasteiger charge is 2.43. The van der Waals surface area contributed by atoms with Crippen LogP contribution < -0.4 is 9.47 Å². The lowest BCUT2D eigenvalue weighted by molar-refractivity contribution is 0.198. The van der Waals surface area contributed by atoms with Gasteiger partial charge in [-0.25, -0.2) is 0 Å². The maximum Gasteiger partial charge on any atom is 0.127 e. The predicted octanol–water partition coefficient (Wildman–Crippen LogP) is 3.98. The molecule has 1 saturated carbocycles. The van der Waals surface area contributed by atoms with Gasteiger partial charge in [0, 0.05) is 11.5 Å². The Morgan fingerprint density at radius 2 is 1.62 bits per heavy atom. The molecule has 0 amide bonds. The molecule has 2 aromatic rings. The topological polar surface area (TPSA) is 41.9 Å². The number of rotatable bonds is 7. The van der Waals surface area contributed by atoms with E-state index >= 15 is 0 Å². The molecule has 1 saturated heterocycles. The van der Waals surface area contributed by atoms with Gasteiger partial charge in [0.25, 0.3) is 0 Å². The van der Waals surface area contributed by atoms with Gasteiger partial charge in [0.1, 0.15) is 23.9 Å². The van der Waals surface area contributed by atoms with Gasteiger partial charge in [-0.1, -0.05) is 12.1 Å². The van der Waals surface area contributed by atoms with Gasteiger partial charge >= 0.3 is 0 Å². The van der Waals surface area contributed by atoms with E-state index in [2.05, 4.69) is 24.1 Å². The Morgan fingerprint density at radius 1 is 1.00 bits per heavy atom. The third-order valence-electron chi connectivity index (χ3n) is 5.80. The zero-order valence-corrected chi connectivity index (χ0v) is 15.4. The van der Waals surface area contributed by atoms with E-state index in [9.17, 15) is 5.11 Å². The summed E-state index contributed by atoms with van der Waals surface area (Å²) in [5, 5.41) is 9.52. The number of aliphatic hydroxyl groups excluding tert-OH is 1. The Labute approximate surface area is 155 Å². The Balaban J connectivity index is 1.32. The molecule has 0 spiro atoms. The van der Waals surface area contributed by atoms with E-state index in [-0.39, 0.29) is 12.0 Å². The van der Waals surface area contributed by atoms with Crippen LogP contribution in [0, 0.1) is 0 Å². The van der Waals surface area contributed by atoms with Gasteiger partial charge in [0.15, 0.2) is 0 Å². The van der Waals surface area contributed by atoms with Crippen LogP contribution >= 0.6 is 0 Å². The number of ether oxygens (including phenoxy) is 2. The van der Waals surface area contributed by atoms with Crippen molar-refractivity contribution in [3.8, 4) is 17.2 Å². The molecule has 2 fully saturated rings. The van der Waals surface area contributed by atoms with E-state index in [1.165, 1.54) is 24.9 Å². The number of nitrogens with zero attached hydrogens (tertiary/aromatic N) is 1. The molecule has 1 atom stereocenters. The van der Waals surface area contributed by atoms with Crippen LogP contribution in [-0.2, 0) is 5.41 Å². The first-order valence-corrected chi connectivity index (χ1v) is 9.51. The van der Waals surface area contributed by atoms with Gasteiger partial charge in [-0.15, -0.1) is 0 Å². The van der Waals surface area contributed by atoms with Crippen molar-refractivity contribution in [2.75, 3.05) is 26.8 Å². The maximum atomic E-state index is 9.52. The summed E-state index contributed by atoms with van der Waals surface area (Å²) >= 11 is 0. The summed E-state index contributed by atoms with van der Waals surface area (Å²) in [6.07, 6.45) is 4.62. The quantitative estimate of drug-likeness (QED) is 0.818. The summed E-state index contributed by atoms with van der Waals surface area (Å²) in [4.78, 5) is 2.36. The number of hydrogen-bond acceptors (Lipinski definition) is 4. The lowest BCUT2D eigenvalue weighted by atomic mass is 9.97. The third-order valence-corrected chi connectivity index (χ3v) is 5.80. The summed E-state index contributed by atoms with van der Waals surface area (Å²) in [6.45, 7) is 2.13. The first kappa shape index (κ1) is 17.4. The molecule has 1 N–H and O–H groups in total. The van der Waals surface area contributed by atoms with E-state index < -0.39 is 0 Å². The first-order chi connectivity index (χ1) is 12.7. The van der Waals surface area contributed by atoms with Gasteiger partial charge in [0.05, 0.1) is 6.61 Å². The zero-order valence-electron chi connectivity index (χ0n) is 15.4. The highest BCUT2D eigenvalue weighted by molar-refractivity contribution is 5.39. The van der Waals surface area contributed by atoms with Crippen LogP contribution in [0.4, 0.5) is 0 Å². The lowest BCUT2D eigenvalue weighted by Crippen LogP contribution is -2.30. The number of benzene rings is 2. The van der Waals surface area contributed by atoms with Crippen molar-refractivity contribution in [1.29, 1.82) is 0 Å². The molecule has 4 heteroatoms. The van der Waals surface area contributed by atoms with E-state index in [0.29, 0.717) is 6.04 Å². The Kier molecular flexibility index (Phi) is 4.88. The molecule has 1 heterocycles. The molecule has 0 radical (unpaired) electrons. The van der Waals surface area contributed by atoms with Crippen molar-refractivity contribution in [3.63, 3.8) is 0 Å². The first-order valence-electron chi connectivity index (χ1n) is 9.51. The molecule has 2 aromatic carbocycles. The molecule has 0 aromatic heterocycles. The second-order valence-corrected chi connectivity index (χ2v) is 7.62. The molecule has 26 heavy (non-hydrogen) atoms.